The molecule has 1 aromatic carbocycles. The molecule has 87 heavy (non-hydrogen) atoms. The summed E-state index contributed by atoms with van der Waals surface area (Å²) in [6, 6.07) is 33.6. The number of rotatable bonds is 13. The predicted octanol–water partition coefficient (Wildman–Crippen LogP) is 13.1. The molecule has 460 valence electrons. The van der Waals surface area contributed by atoms with E-state index in [-0.39, 0.29) is 4.90 Å². The van der Waals surface area contributed by atoms with Gasteiger partial charge in [-0.15, -0.1) is 0 Å². The third kappa shape index (κ3) is 27.2. The lowest BCUT2D eigenvalue weighted by Crippen LogP contribution is -2.03. The minimum absolute atomic E-state index is 0.0515. The van der Waals surface area contributed by atoms with E-state index < -0.39 is 9.84 Å². The maximum Gasteiger partial charge on any atom is 0.269 e. The summed E-state index contributed by atoms with van der Waals surface area (Å²) in [4.78, 5) is 25.1. The predicted molar refractivity (Wildman–Crippen MR) is 351 cm³/mol. The molecule has 20 nitrogen and oxygen atoms in total. The summed E-state index contributed by atoms with van der Waals surface area (Å²) >= 11 is 8.57. The monoisotopic (exact) mass is 1440 g/mol. The number of thiocyanates is 1. The minimum atomic E-state index is -3.71. The second kappa shape index (κ2) is 40.5. The van der Waals surface area contributed by atoms with E-state index >= 15 is 0 Å². The Morgan fingerprint density at radius 2 is 0.966 bits per heavy atom. The first-order chi connectivity index (χ1) is 41.6. The lowest BCUT2D eigenvalue weighted by atomic mass is 10.2. The first kappa shape index (κ1) is 75.3. The van der Waals surface area contributed by atoms with Gasteiger partial charge in [-0.1, -0.05) is 52.0 Å². The zero-order valence-corrected chi connectivity index (χ0v) is 56.8. The Labute approximate surface area is 542 Å². The molecule has 0 unspecified atom stereocenters. The highest BCUT2D eigenvalue weighted by atomic mass is 127. The summed E-state index contributed by atoms with van der Waals surface area (Å²) in [5.74, 6) is 6.54. The minimum Gasteiger partial charge on any atom is -0.495 e. The van der Waals surface area contributed by atoms with Gasteiger partial charge in [-0.25, -0.2) is 28.4 Å². The SMILES string of the molecule is C=Cc1nc(C#N)ccc1OC.CC(C)C.CCc1nc(CN)ccc1OC.COc1ccc(C#N)nc1Br.COc1ccc(C#N)nc1C1CC1.COc1ccc(CN)nc1C1CC1.COc1ccc(I)nc1Br.Cc1ccc(S(=O)(=O)C#N)cc1. The summed E-state index contributed by atoms with van der Waals surface area (Å²) in [5.41, 5.74) is 18.6. The molecule has 2 aliphatic carbocycles. The molecular weight excluding hydrogens is 1370 g/mol. The molecule has 4 N–H and O–H groups in total. The highest BCUT2D eigenvalue weighted by molar-refractivity contribution is 14.1. The molecule has 0 atom stereocenters. The second-order valence-corrected chi connectivity index (χ2v) is 23.0. The first-order valence-corrected chi connectivity index (χ1v) is 31.0. The van der Waals surface area contributed by atoms with Crippen LogP contribution >= 0.6 is 54.5 Å². The molecule has 6 aromatic heterocycles. The van der Waals surface area contributed by atoms with Crippen molar-refractivity contribution in [2.45, 2.75) is 96.5 Å². The number of aryl methyl sites for hydroxylation is 2. The molecule has 0 bridgehead atoms. The zero-order valence-electron chi connectivity index (χ0n) is 50.6. The van der Waals surface area contributed by atoms with Crippen molar-refractivity contribution in [3.63, 3.8) is 0 Å². The van der Waals surface area contributed by atoms with Crippen LogP contribution in [-0.2, 0) is 29.3 Å². The van der Waals surface area contributed by atoms with Crippen LogP contribution in [0.1, 0.15) is 122 Å². The Bertz CT molecular complexity index is 3580. The van der Waals surface area contributed by atoms with Crippen molar-refractivity contribution < 1.29 is 36.8 Å². The van der Waals surface area contributed by atoms with E-state index in [1.807, 2.05) is 74.5 Å². The number of methoxy groups -OCH3 is 6. The number of benzene rings is 1. The smallest absolute Gasteiger partial charge is 0.269 e. The van der Waals surface area contributed by atoms with Crippen LogP contribution in [0.3, 0.4) is 0 Å². The molecule has 24 heteroatoms. The van der Waals surface area contributed by atoms with E-state index in [0.29, 0.717) is 63.8 Å². The second-order valence-electron chi connectivity index (χ2n) is 18.7. The number of halogens is 3. The van der Waals surface area contributed by atoms with Crippen molar-refractivity contribution in [2.24, 2.45) is 17.4 Å². The van der Waals surface area contributed by atoms with Gasteiger partial charge < -0.3 is 39.9 Å². The molecule has 0 spiro atoms. The quantitative estimate of drug-likeness (QED) is 0.0469. The third-order valence-corrected chi connectivity index (χ3v) is 14.2. The van der Waals surface area contributed by atoms with Crippen LogP contribution < -0.4 is 39.9 Å². The van der Waals surface area contributed by atoms with Crippen LogP contribution in [0.4, 0.5) is 0 Å². The molecule has 0 aliphatic heterocycles. The van der Waals surface area contributed by atoms with Gasteiger partial charge in [0.15, 0.2) is 16.9 Å². The number of pyridine rings is 6. The average Bonchev–Trinajstić information content (AvgIpc) is 4.59. The summed E-state index contributed by atoms with van der Waals surface area (Å²) < 4.78 is 54.6. The van der Waals surface area contributed by atoms with E-state index in [2.05, 4.69) is 112 Å². The molecule has 2 saturated carbocycles. The Morgan fingerprint density at radius 3 is 1.37 bits per heavy atom. The van der Waals surface area contributed by atoms with Gasteiger partial charge in [0.2, 0.25) is 0 Å². The normalized spacial score (nSPS) is 11.3. The topological polar surface area (TPSA) is 314 Å². The van der Waals surface area contributed by atoms with Gasteiger partial charge in [0.05, 0.1) is 76.0 Å². The van der Waals surface area contributed by atoms with E-state index in [9.17, 15) is 8.42 Å². The van der Waals surface area contributed by atoms with Gasteiger partial charge in [0.1, 0.15) is 76.9 Å². The number of sulfone groups is 1. The zero-order chi connectivity index (χ0) is 65.1. The number of ether oxygens (including phenoxy) is 6. The molecular formula is C63H73Br2IN12O8S. The molecule has 7 aromatic rings. The fraction of sp³-hybridized carbons (Fsp3) is 0.333. The molecule has 0 radical (unpaired) electrons. The molecule has 2 fully saturated rings. The Balaban J connectivity index is 0.000000343. The number of nitrogens with two attached hydrogens (primary N) is 2. The van der Waals surface area contributed by atoms with E-state index in [4.69, 9.17) is 60.9 Å². The van der Waals surface area contributed by atoms with Gasteiger partial charge >= 0.3 is 0 Å². The van der Waals surface area contributed by atoms with Crippen molar-refractivity contribution in [3.05, 3.63) is 173 Å². The van der Waals surface area contributed by atoms with Gasteiger partial charge in [-0.3, -0.25) is 9.97 Å². The molecule has 9 rings (SSSR count). The van der Waals surface area contributed by atoms with E-state index in [1.54, 1.807) is 91.2 Å². The third-order valence-electron chi connectivity index (χ3n) is 11.3. The first-order valence-electron chi connectivity index (χ1n) is 26.8. The van der Waals surface area contributed by atoms with Gasteiger partial charge in [-0.2, -0.15) is 21.0 Å². The number of aromatic nitrogens is 6. The number of nitrogens with zero attached hydrogens (tertiary/aromatic N) is 10. The van der Waals surface area contributed by atoms with Crippen molar-refractivity contribution in [1.29, 1.82) is 21.0 Å². The fourth-order valence-electron chi connectivity index (χ4n) is 6.67. The van der Waals surface area contributed by atoms with Crippen LogP contribution in [0.15, 0.2) is 118 Å². The standard InChI is InChI=1S/C10H14N2O.C10H10N2O.C9H14N2O.C9H8N2O.C8H7NO2S.C7H5BrN2O.C6H5BrINO.C4H10/c2*1-13-9-5-4-8(6-11)12-10(9)7-2-3-7;2*1-3-8-9(12-2)5-4-7(6-10)11-8;1-7-2-4-8(5-3-7)12(10,11)6-9;1-11-6-3-2-5(4-9)10-7(6)8;1-10-4-2-3-5(8)9-6(4)7;1-4(2)3/h4-5,7H,2-3,6,11H2,1H3;4-5,7H,2-3H2,1H3;4-5H,3,6,10H2,1-2H3;3-5H,1H2,2H3;2-5H,1H3;2-3H,1H3;2-3H,1H3;4H,1-3H3. The van der Waals surface area contributed by atoms with E-state index in [0.717, 1.165) is 90.5 Å². The van der Waals surface area contributed by atoms with Crippen molar-refractivity contribution in [3.8, 4) is 58.1 Å². The van der Waals surface area contributed by atoms with Gasteiger partial charge in [0, 0.05) is 24.9 Å². The molecule has 0 amide bonds. The fourth-order valence-corrected chi connectivity index (χ4v) is 9.00. The number of hydrogen-bond donors (Lipinski definition) is 2. The molecule has 0 saturated heterocycles. The summed E-state index contributed by atoms with van der Waals surface area (Å²) in [7, 11) is 5.98. The van der Waals surface area contributed by atoms with Crippen LogP contribution in [-0.4, -0.2) is 81.0 Å². The Hall–Kier alpha value is -7.82. The summed E-state index contributed by atoms with van der Waals surface area (Å²) in [5, 5.41) is 35.2. The summed E-state index contributed by atoms with van der Waals surface area (Å²) in [6.07, 6.45) is 7.22. The highest BCUT2D eigenvalue weighted by Crippen LogP contribution is 2.44. The van der Waals surface area contributed by atoms with Crippen LogP contribution in [0.2, 0.25) is 0 Å². The van der Waals surface area contributed by atoms with Crippen molar-refractivity contribution >= 4 is 70.4 Å². The van der Waals surface area contributed by atoms with Crippen molar-refractivity contribution in [1.82, 2.24) is 29.9 Å². The van der Waals surface area contributed by atoms with Crippen molar-refractivity contribution in [2.75, 3.05) is 42.7 Å². The largest absolute Gasteiger partial charge is 0.495 e. The summed E-state index contributed by atoms with van der Waals surface area (Å²) in [6.45, 7) is 14.9. The maximum atomic E-state index is 11.0. The molecule has 2 aliphatic rings. The van der Waals surface area contributed by atoms with Crippen LogP contribution in [0, 0.1) is 61.2 Å². The lowest BCUT2D eigenvalue weighted by molar-refractivity contribution is 0.406. The average molecular weight is 1450 g/mol. The Kier molecular flexibility index (Phi) is 35.1. The highest BCUT2D eigenvalue weighted by Gasteiger charge is 2.29. The van der Waals surface area contributed by atoms with Gasteiger partial charge in [-0.05, 0) is 190 Å². The van der Waals surface area contributed by atoms with E-state index in [1.165, 1.54) is 30.4 Å². The number of hydrogen-bond acceptors (Lipinski definition) is 20. The lowest BCUT2D eigenvalue weighted by Gasteiger charge is -2.07. The van der Waals surface area contributed by atoms with Gasteiger partial charge in [0.25, 0.3) is 9.84 Å². The molecule has 6 heterocycles. The maximum absolute atomic E-state index is 11.0. The Morgan fingerprint density at radius 1 is 0.575 bits per heavy atom. The number of nitriles is 4. The van der Waals surface area contributed by atoms with Crippen LogP contribution in [0.5, 0.6) is 34.5 Å². The van der Waals surface area contributed by atoms with Crippen LogP contribution in [0.25, 0.3) is 6.08 Å².